The molecule has 0 radical (unpaired) electrons. The summed E-state index contributed by atoms with van der Waals surface area (Å²) >= 11 is 0. The van der Waals surface area contributed by atoms with E-state index in [1.807, 2.05) is 0 Å². The lowest BCUT2D eigenvalue weighted by Gasteiger charge is -2.18. The predicted octanol–water partition coefficient (Wildman–Crippen LogP) is 3.46. The zero-order valence-corrected chi connectivity index (χ0v) is 12.2. The molecule has 0 amide bonds. The molecular weight excluding hydrogens is 268 g/mol. The molecule has 0 aromatic heterocycles. The maximum atomic E-state index is 11.6. The number of esters is 2. The van der Waals surface area contributed by atoms with Crippen LogP contribution >= 0.6 is 0 Å². The van der Waals surface area contributed by atoms with Crippen LogP contribution in [0.2, 0.25) is 0 Å². The highest BCUT2D eigenvalue weighted by molar-refractivity contribution is 5.76. The van der Waals surface area contributed by atoms with E-state index in [1.165, 1.54) is 0 Å². The smallest absolute Gasteiger partial charge is 0.310 e. The van der Waals surface area contributed by atoms with Crippen molar-refractivity contribution in [3.8, 4) is 11.5 Å². The van der Waals surface area contributed by atoms with E-state index in [2.05, 4.69) is 12.2 Å². The Balaban J connectivity index is 2.01. The molecule has 0 saturated carbocycles. The van der Waals surface area contributed by atoms with Gasteiger partial charge in [0.1, 0.15) is 11.5 Å². The second kappa shape index (κ2) is 5.35. The minimum Gasteiger partial charge on any atom is -0.426 e. The quantitative estimate of drug-likeness (QED) is 0.483. The van der Waals surface area contributed by atoms with Crippen molar-refractivity contribution >= 4 is 11.9 Å². The van der Waals surface area contributed by atoms with E-state index in [0.717, 1.165) is 17.5 Å². The average molecular weight is 286 g/mol. The van der Waals surface area contributed by atoms with E-state index < -0.39 is 0 Å². The molecule has 0 heterocycles. The molecular formula is C17H18O4. The van der Waals surface area contributed by atoms with Crippen LogP contribution in [0.25, 0.3) is 0 Å². The fourth-order valence-electron chi connectivity index (χ4n) is 3.06. The van der Waals surface area contributed by atoms with Gasteiger partial charge in [-0.2, -0.15) is 0 Å². The lowest BCUT2D eigenvalue weighted by Crippen LogP contribution is -2.11. The molecule has 110 valence electrons. The number of carbonyl (C=O) groups excluding carboxylic acids is 2. The third-order valence-corrected chi connectivity index (χ3v) is 4.06. The Morgan fingerprint density at radius 3 is 1.76 bits per heavy atom. The molecule has 0 aliphatic heterocycles. The van der Waals surface area contributed by atoms with Crippen molar-refractivity contribution < 1.29 is 19.1 Å². The molecule has 21 heavy (non-hydrogen) atoms. The molecule has 2 bridgehead atoms. The summed E-state index contributed by atoms with van der Waals surface area (Å²) in [5, 5.41) is 0. The Hall–Kier alpha value is -2.10. The number of allylic oxidation sites excluding steroid dienone is 2. The normalized spacial score (nSPS) is 21.2. The Bertz CT molecular complexity index is 577. The highest BCUT2D eigenvalue weighted by Crippen LogP contribution is 2.55. The van der Waals surface area contributed by atoms with Gasteiger partial charge in [-0.3, -0.25) is 9.59 Å². The highest BCUT2D eigenvalue weighted by Gasteiger charge is 2.38. The summed E-state index contributed by atoms with van der Waals surface area (Å²) < 4.78 is 10.9. The summed E-state index contributed by atoms with van der Waals surface area (Å²) in [6.07, 6.45) is 5.92. The van der Waals surface area contributed by atoms with Gasteiger partial charge >= 0.3 is 11.9 Å². The van der Waals surface area contributed by atoms with Gasteiger partial charge in [0.25, 0.3) is 0 Å². The summed E-state index contributed by atoms with van der Waals surface area (Å²) in [4.78, 5) is 23.1. The van der Waals surface area contributed by atoms with Gasteiger partial charge in [0, 0.05) is 35.8 Å². The van der Waals surface area contributed by atoms with E-state index in [-0.39, 0.29) is 23.8 Å². The first-order chi connectivity index (χ1) is 10.1. The lowest BCUT2D eigenvalue weighted by atomic mass is 9.95. The first-order valence-corrected chi connectivity index (χ1v) is 7.40. The van der Waals surface area contributed by atoms with Gasteiger partial charge in [-0.1, -0.05) is 26.0 Å². The first kappa shape index (κ1) is 13.9. The van der Waals surface area contributed by atoms with Gasteiger partial charge in [-0.25, -0.2) is 0 Å². The van der Waals surface area contributed by atoms with Crippen molar-refractivity contribution in [3.63, 3.8) is 0 Å². The summed E-state index contributed by atoms with van der Waals surface area (Å²) in [5.74, 6) is 1.22. The van der Waals surface area contributed by atoms with Crippen LogP contribution in [0.1, 0.15) is 56.1 Å². The topological polar surface area (TPSA) is 52.6 Å². The van der Waals surface area contributed by atoms with E-state index in [9.17, 15) is 9.59 Å². The Kier molecular flexibility index (Phi) is 3.53. The zero-order chi connectivity index (χ0) is 15.0. The molecule has 1 aromatic rings. The van der Waals surface area contributed by atoms with Gasteiger partial charge in [0.15, 0.2) is 0 Å². The second-order valence-electron chi connectivity index (χ2n) is 5.38. The van der Waals surface area contributed by atoms with Crippen LogP contribution in [-0.2, 0) is 9.59 Å². The number of carbonyl (C=O) groups is 2. The van der Waals surface area contributed by atoms with Crippen LogP contribution in [0.3, 0.4) is 0 Å². The standard InChI is InChI=1S/C17H18O4/c1-3-14(18)20-12-7-8-13(21-15(19)4-2)17-11-6-5-10(9-11)16(12)17/h5-8,10-11H,3-4,9H2,1-2H3. The number of ether oxygens (including phenoxy) is 2. The van der Waals surface area contributed by atoms with Crippen molar-refractivity contribution in [3.05, 3.63) is 35.4 Å². The van der Waals surface area contributed by atoms with Gasteiger partial charge in [0.2, 0.25) is 0 Å². The summed E-state index contributed by atoms with van der Waals surface area (Å²) in [6.45, 7) is 3.54. The molecule has 2 unspecified atom stereocenters. The largest absolute Gasteiger partial charge is 0.426 e. The van der Waals surface area contributed by atoms with Crippen molar-refractivity contribution in [2.45, 2.75) is 44.9 Å². The molecule has 0 N–H and O–H groups in total. The van der Waals surface area contributed by atoms with Gasteiger partial charge < -0.3 is 9.47 Å². The summed E-state index contributed by atoms with van der Waals surface area (Å²) in [6, 6.07) is 3.47. The molecule has 0 spiro atoms. The second-order valence-corrected chi connectivity index (χ2v) is 5.38. The molecule has 4 nitrogen and oxygen atoms in total. The lowest BCUT2D eigenvalue weighted by molar-refractivity contribution is -0.135. The molecule has 3 rings (SSSR count). The van der Waals surface area contributed by atoms with Crippen LogP contribution in [0, 0.1) is 0 Å². The molecule has 1 aromatic carbocycles. The van der Waals surface area contributed by atoms with E-state index in [4.69, 9.17) is 9.47 Å². The molecule has 2 aliphatic rings. The molecule has 0 saturated heterocycles. The zero-order valence-electron chi connectivity index (χ0n) is 12.2. The first-order valence-electron chi connectivity index (χ1n) is 7.40. The number of hydrogen-bond donors (Lipinski definition) is 0. The predicted molar refractivity (Wildman–Crippen MR) is 77.5 cm³/mol. The highest BCUT2D eigenvalue weighted by atomic mass is 16.5. The van der Waals surface area contributed by atoms with Crippen LogP contribution in [0.4, 0.5) is 0 Å². The maximum Gasteiger partial charge on any atom is 0.310 e. The van der Waals surface area contributed by atoms with Crippen LogP contribution in [-0.4, -0.2) is 11.9 Å². The maximum absolute atomic E-state index is 11.6. The molecule has 0 fully saturated rings. The third-order valence-electron chi connectivity index (χ3n) is 4.06. The van der Waals surface area contributed by atoms with Crippen LogP contribution in [0.15, 0.2) is 24.3 Å². The minimum absolute atomic E-state index is 0.248. The van der Waals surface area contributed by atoms with Crippen molar-refractivity contribution in [2.75, 3.05) is 0 Å². The SMILES string of the molecule is CCC(=O)Oc1ccc(OC(=O)CC)c2c1C1C=CC2C1. The summed E-state index contributed by atoms with van der Waals surface area (Å²) in [7, 11) is 0. The van der Waals surface area contributed by atoms with E-state index in [0.29, 0.717) is 24.3 Å². The summed E-state index contributed by atoms with van der Waals surface area (Å²) in [5.41, 5.74) is 2.01. The van der Waals surface area contributed by atoms with Gasteiger partial charge in [-0.15, -0.1) is 0 Å². The number of rotatable bonds is 4. The van der Waals surface area contributed by atoms with E-state index in [1.54, 1.807) is 26.0 Å². The average Bonchev–Trinajstić information content (AvgIpc) is 3.11. The number of fused-ring (bicyclic) bond motifs is 5. The number of benzene rings is 1. The van der Waals surface area contributed by atoms with Crippen molar-refractivity contribution in [2.24, 2.45) is 0 Å². The fraction of sp³-hybridized carbons (Fsp3) is 0.412. The Morgan fingerprint density at radius 1 is 0.952 bits per heavy atom. The van der Waals surface area contributed by atoms with Crippen molar-refractivity contribution in [1.82, 2.24) is 0 Å². The van der Waals surface area contributed by atoms with Crippen LogP contribution in [0.5, 0.6) is 11.5 Å². The van der Waals surface area contributed by atoms with Crippen LogP contribution < -0.4 is 9.47 Å². The van der Waals surface area contributed by atoms with Gasteiger partial charge in [0.05, 0.1) is 0 Å². The van der Waals surface area contributed by atoms with Crippen molar-refractivity contribution in [1.29, 1.82) is 0 Å². The molecule has 2 aliphatic carbocycles. The van der Waals surface area contributed by atoms with Gasteiger partial charge in [-0.05, 0) is 18.6 Å². The fourth-order valence-corrected chi connectivity index (χ4v) is 3.06. The van der Waals surface area contributed by atoms with E-state index >= 15 is 0 Å². The number of hydrogen-bond acceptors (Lipinski definition) is 4. The Morgan fingerprint density at radius 2 is 1.38 bits per heavy atom. The molecule has 2 atom stereocenters. The minimum atomic E-state index is -0.248. The monoisotopic (exact) mass is 286 g/mol. The molecule has 4 heteroatoms. The third kappa shape index (κ3) is 2.35. The Labute approximate surface area is 123 Å².